The maximum Gasteiger partial charge on any atom is 0.0988 e. The summed E-state index contributed by atoms with van der Waals surface area (Å²) in [7, 11) is 0. The van der Waals surface area contributed by atoms with E-state index in [9.17, 15) is 0 Å². The largest absolute Gasteiger partial charge is 0.498 e. The second-order valence-electron chi connectivity index (χ2n) is 3.56. The Morgan fingerprint density at radius 1 is 1.25 bits per heavy atom. The van der Waals surface area contributed by atoms with Crippen molar-refractivity contribution in [3.63, 3.8) is 0 Å². The molecule has 0 aromatic carbocycles. The van der Waals surface area contributed by atoms with Crippen molar-refractivity contribution in [2.75, 3.05) is 6.61 Å². The highest BCUT2D eigenvalue weighted by molar-refractivity contribution is 5.11. The second-order valence-corrected chi connectivity index (χ2v) is 3.56. The van der Waals surface area contributed by atoms with Crippen LogP contribution >= 0.6 is 0 Å². The summed E-state index contributed by atoms with van der Waals surface area (Å²) in [5.74, 6) is 1.83. The van der Waals surface area contributed by atoms with Crippen molar-refractivity contribution in [2.24, 2.45) is 5.92 Å². The van der Waals surface area contributed by atoms with Gasteiger partial charge in [0.15, 0.2) is 0 Å². The molecule has 2 rings (SSSR count). The first kappa shape index (κ1) is 7.90. The standard InChI is InChI=1S/C11H16O/c1-2-6-10(7-3-1)11-8-4-5-9-12-11/h2,6,8,10H,1,3-5,7,9H2. The molecule has 1 nitrogen and oxygen atoms in total. The predicted molar refractivity (Wildman–Crippen MR) is 49.8 cm³/mol. The van der Waals surface area contributed by atoms with E-state index < -0.39 is 0 Å². The van der Waals surface area contributed by atoms with E-state index in [-0.39, 0.29) is 0 Å². The molecule has 0 spiro atoms. The molecule has 0 fully saturated rings. The Morgan fingerprint density at radius 3 is 2.92 bits per heavy atom. The molecule has 12 heavy (non-hydrogen) atoms. The predicted octanol–water partition coefficient (Wildman–Crippen LogP) is 3.04. The summed E-state index contributed by atoms with van der Waals surface area (Å²) in [6, 6.07) is 0. The molecular weight excluding hydrogens is 148 g/mol. The van der Waals surface area contributed by atoms with Crippen molar-refractivity contribution in [1.82, 2.24) is 0 Å². The molecule has 2 aliphatic rings. The third-order valence-corrected chi connectivity index (χ3v) is 2.58. The number of rotatable bonds is 1. The van der Waals surface area contributed by atoms with Gasteiger partial charge in [-0.3, -0.25) is 0 Å². The average molecular weight is 164 g/mol. The van der Waals surface area contributed by atoms with E-state index in [0.717, 1.165) is 6.61 Å². The van der Waals surface area contributed by atoms with Gasteiger partial charge in [0.05, 0.1) is 12.4 Å². The maximum absolute atomic E-state index is 5.63. The van der Waals surface area contributed by atoms with Crippen LogP contribution in [0, 0.1) is 5.92 Å². The van der Waals surface area contributed by atoms with E-state index in [4.69, 9.17) is 4.74 Å². The highest BCUT2D eigenvalue weighted by atomic mass is 16.5. The fraction of sp³-hybridized carbons (Fsp3) is 0.636. The van der Waals surface area contributed by atoms with E-state index in [1.54, 1.807) is 0 Å². The summed E-state index contributed by atoms with van der Waals surface area (Å²) in [5, 5.41) is 0. The van der Waals surface area contributed by atoms with Crippen molar-refractivity contribution in [3.05, 3.63) is 24.0 Å². The molecule has 66 valence electrons. The molecule has 0 aromatic heterocycles. The lowest BCUT2D eigenvalue weighted by Crippen LogP contribution is -2.11. The van der Waals surface area contributed by atoms with Crippen molar-refractivity contribution in [2.45, 2.75) is 32.1 Å². The monoisotopic (exact) mass is 164 g/mol. The molecule has 0 amide bonds. The summed E-state index contributed by atoms with van der Waals surface area (Å²) in [4.78, 5) is 0. The Kier molecular flexibility index (Phi) is 2.50. The van der Waals surface area contributed by atoms with Crippen LogP contribution in [0.5, 0.6) is 0 Å². The van der Waals surface area contributed by atoms with Gasteiger partial charge in [-0.25, -0.2) is 0 Å². The fourth-order valence-electron chi connectivity index (χ4n) is 1.88. The molecule has 1 aliphatic heterocycles. The summed E-state index contributed by atoms with van der Waals surface area (Å²) >= 11 is 0. The first-order valence-corrected chi connectivity index (χ1v) is 4.96. The van der Waals surface area contributed by atoms with E-state index in [0.29, 0.717) is 5.92 Å². The van der Waals surface area contributed by atoms with Gasteiger partial charge in [0.1, 0.15) is 0 Å². The minimum atomic E-state index is 0.596. The fourth-order valence-corrected chi connectivity index (χ4v) is 1.88. The summed E-state index contributed by atoms with van der Waals surface area (Å²) in [6.07, 6.45) is 13.1. The maximum atomic E-state index is 5.63. The topological polar surface area (TPSA) is 9.23 Å². The second kappa shape index (κ2) is 3.79. The van der Waals surface area contributed by atoms with Crippen molar-refractivity contribution in [1.29, 1.82) is 0 Å². The molecule has 0 saturated heterocycles. The van der Waals surface area contributed by atoms with Gasteiger partial charge in [0.25, 0.3) is 0 Å². The Balaban J connectivity index is 2.01. The SMILES string of the molecule is C1=CC(C2=CCCCO2)CCC1. The quantitative estimate of drug-likeness (QED) is 0.541. The Labute approximate surface area is 74.1 Å². The third kappa shape index (κ3) is 1.71. The lowest BCUT2D eigenvalue weighted by Gasteiger charge is -2.23. The number of allylic oxidation sites excluding steroid dienone is 3. The molecule has 0 N–H and O–H groups in total. The molecular formula is C11H16O. The zero-order valence-electron chi connectivity index (χ0n) is 7.46. The van der Waals surface area contributed by atoms with E-state index in [2.05, 4.69) is 18.2 Å². The Morgan fingerprint density at radius 2 is 2.25 bits per heavy atom. The van der Waals surface area contributed by atoms with Gasteiger partial charge < -0.3 is 4.74 Å². The number of ether oxygens (including phenoxy) is 1. The highest BCUT2D eigenvalue weighted by Crippen LogP contribution is 2.27. The lowest BCUT2D eigenvalue weighted by molar-refractivity contribution is 0.165. The smallest absolute Gasteiger partial charge is 0.0988 e. The highest BCUT2D eigenvalue weighted by Gasteiger charge is 2.16. The first-order chi connectivity index (χ1) is 5.97. The van der Waals surface area contributed by atoms with Gasteiger partial charge in [-0.1, -0.05) is 12.2 Å². The summed E-state index contributed by atoms with van der Waals surface area (Å²) in [6.45, 7) is 0.927. The third-order valence-electron chi connectivity index (χ3n) is 2.58. The van der Waals surface area contributed by atoms with Gasteiger partial charge in [-0.2, -0.15) is 0 Å². The van der Waals surface area contributed by atoms with Crippen LogP contribution in [0.1, 0.15) is 32.1 Å². The lowest BCUT2D eigenvalue weighted by atomic mass is 9.93. The van der Waals surface area contributed by atoms with Crippen molar-refractivity contribution < 1.29 is 4.74 Å². The van der Waals surface area contributed by atoms with Crippen LogP contribution in [-0.2, 0) is 4.74 Å². The van der Waals surface area contributed by atoms with E-state index >= 15 is 0 Å². The normalized spacial score (nSPS) is 29.3. The molecule has 1 aliphatic carbocycles. The van der Waals surface area contributed by atoms with Crippen LogP contribution < -0.4 is 0 Å². The Hall–Kier alpha value is -0.720. The molecule has 0 aromatic rings. The summed E-state index contributed by atoms with van der Waals surface area (Å²) < 4.78 is 5.63. The molecule has 1 heteroatoms. The number of hydrogen-bond acceptors (Lipinski definition) is 1. The molecule has 0 saturated carbocycles. The van der Waals surface area contributed by atoms with Gasteiger partial charge in [-0.05, 0) is 38.2 Å². The van der Waals surface area contributed by atoms with Gasteiger partial charge >= 0.3 is 0 Å². The minimum absolute atomic E-state index is 0.596. The molecule has 1 atom stereocenters. The van der Waals surface area contributed by atoms with Gasteiger partial charge in [0, 0.05) is 5.92 Å². The average Bonchev–Trinajstić information content (AvgIpc) is 2.21. The van der Waals surface area contributed by atoms with E-state index in [1.165, 1.54) is 37.9 Å². The molecule has 1 heterocycles. The van der Waals surface area contributed by atoms with E-state index in [1.807, 2.05) is 0 Å². The zero-order valence-corrected chi connectivity index (χ0v) is 7.46. The van der Waals surface area contributed by atoms with Gasteiger partial charge in [0.2, 0.25) is 0 Å². The Bertz CT molecular complexity index is 203. The van der Waals surface area contributed by atoms with Crippen LogP contribution in [0.2, 0.25) is 0 Å². The molecule has 1 unspecified atom stereocenters. The minimum Gasteiger partial charge on any atom is -0.498 e. The first-order valence-electron chi connectivity index (χ1n) is 4.96. The van der Waals surface area contributed by atoms with Crippen LogP contribution in [0.4, 0.5) is 0 Å². The van der Waals surface area contributed by atoms with Crippen molar-refractivity contribution in [3.8, 4) is 0 Å². The molecule has 0 bridgehead atoms. The van der Waals surface area contributed by atoms with Crippen LogP contribution in [0.3, 0.4) is 0 Å². The zero-order chi connectivity index (χ0) is 8.23. The summed E-state index contributed by atoms with van der Waals surface area (Å²) in [5.41, 5.74) is 0. The van der Waals surface area contributed by atoms with Gasteiger partial charge in [-0.15, -0.1) is 0 Å². The number of hydrogen-bond donors (Lipinski definition) is 0. The van der Waals surface area contributed by atoms with Crippen LogP contribution in [0.25, 0.3) is 0 Å². The van der Waals surface area contributed by atoms with Crippen LogP contribution in [-0.4, -0.2) is 6.61 Å². The van der Waals surface area contributed by atoms with Crippen LogP contribution in [0.15, 0.2) is 24.0 Å². The molecule has 0 radical (unpaired) electrons. The van der Waals surface area contributed by atoms with Crippen molar-refractivity contribution >= 4 is 0 Å².